The van der Waals surface area contributed by atoms with E-state index in [4.69, 9.17) is 4.74 Å². The van der Waals surface area contributed by atoms with E-state index in [1.54, 1.807) is 11.8 Å². The van der Waals surface area contributed by atoms with Gasteiger partial charge in [0.25, 0.3) is 0 Å². The molecule has 1 aromatic rings. The lowest BCUT2D eigenvalue weighted by molar-refractivity contribution is -0.118. The largest absolute Gasteiger partial charge is 0.377 e. The van der Waals surface area contributed by atoms with Gasteiger partial charge in [-0.1, -0.05) is 18.2 Å². The van der Waals surface area contributed by atoms with Gasteiger partial charge in [0.1, 0.15) is 5.75 Å². The Balaban J connectivity index is 1.59. The van der Waals surface area contributed by atoms with E-state index < -0.39 is 21.5 Å². The molecule has 0 aromatic heterocycles. The minimum Gasteiger partial charge on any atom is -0.377 e. The fourth-order valence-corrected chi connectivity index (χ4v) is 4.70. The minimum atomic E-state index is -3.39. The Morgan fingerprint density at radius 3 is 2.78 bits per heavy atom. The van der Waals surface area contributed by atoms with Gasteiger partial charge >= 0.3 is 0 Å². The maximum Gasteiger partial charge on any atom is 0.235 e. The summed E-state index contributed by atoms with van der Waals surface area (Å²) in [4.78, 5) is 12.9. The summed E-state index contributed by atoms with van der Waals surface area (Å²) < 4.78 is 29.2. The minimum absolute atomic E-state index is 0.0513. The summed E-state index contributed by atoms with van der Waals surface area (Å²) in [5.74, 6) is -0.0386. The van der Waals surface area contributed by atoms with Crippen molar-refractivity contribution in [3.63, 3.8) is 0 Å². The molecule has 0 saturated carbocycles. The smallest absolute Gasteiger partial charge is 0.235 e. The zero-order valence-corrected chi connectivity index (χ0v) is 14.7. The first-order chi connectivity index (χ1) is 11.1. The van der Waals surface area contributed by atoms with Crippen molar-refractivity contribution in [2.45, 2.75) is 30.3 Å². The van der Waals surface area contributed by atoms with Crippen molar-refractivity contribution in [3.8, 4) is 0 Å². The van der Waals surface area contributed by atoms with Gasteiger partial charge in [-0.25, -0.2) is 8.42 Å². The third-order valence-corrected chi connectivity index (χ3v) is 6.15. The van der Waals surface area contributed by atoms with Crippen LogP contribution in [-0.4, -0.2) is 50.8 Å². The Labute approximate surface area is 142 Å². The van der Waals surface area contributed by atoms with Crippen LogP contribution in [0.1, 0.15) is 19.3 Å². The molecule has 0 spiro atoms. The van der Waals surface area contributed by atoms with Gasteiger partial charge in [0.2, 0.25) is 5.91 Å². The fourth-order valence-electron chi connectivity index (χ4n) is 2.38. The van der Waals surface area contributed by atoms with Gasteiger partial charge in [0.05, 0.1) is 11.9 Å². The number of amides is 1. The van der Waals surface area contributed by atoms with Crippen molar-refractivity contribution < 1.29 is 17.9 Å². The molecule has 1 fully saturated rings. The number of ether oxygens (including phenoxy) is 1. The zero-order valence-electron chi connectivity index (χ0n) is 13.1. The van der Waals surface area contributed by atoms with Gasteiger partial charge in [0.15, 0.2) is 9.84 Å². The van der Waals surface area contributed by atoms with E-state index in [0.29, 0.717) is 13.2 Å². The van der Waals surface area contributed by atoms with Crippen LogP contribution in [0.25, 0.3) is 0 Å². The molecule has 1 aliphatic heterocycles. The van der Waals surface area contributed by atoms with E-state index in [1.807, 2.05) is 30.3 Å². The van der Waals surface area contributed by atoms with Gasteiger partial charge < -0.3 is 10.1 Å². The number of rotatable bonds is 9. The summed E-state index contributed by atoms with van der Waals surface area (Å²) in [5, 5.41) is 2.68. The van der Waals surface area contributed by atoms with Crippen molar-refractivity contribution >= 4 is 27.5 Å². The SMILES string of the molecule is O=C(CS(=O)(=O)C[C@H]1CCCO1)NCCCSc1ccccc1. The molecule has 1 aromatic carbocycles. The summed E-state index contributed by atoms with van der Waals surface area (Å²) in [6.07, 6.45) is 2.22. The van der Waals surface area contributed by atoms with Crippen LogP contribution >= 0.6 is 11.8 Å². The Kier molecular flexibility index (Phi) is 7.39. The fraction of sp³-hybridized carbons (Fsp3) is 0.562. The van der Waals surface area contributed by atoms with Crippen molar-refractivity contribution in [1.82, 2.24) is 5.32 Å². The predicted molar refractivity (Wildman–Crippen MR) is 92.4 cm³/mol. The number of sulfone groups is 1. The van der Waals surface area contributed by atoms with E-state index >= 15 is 0 Å². The second-order valence-electron chi connectivity index (χ2n) is 5.55. The van der Waals surface area contributed by atoms with Crippen LogP contribution in [-0.2, 0) is 19.4 Å². The number of benzene rings is 1. The summed E-state index contributed by atoms with van der Waals surface area (Å²) >= 11 is 1.72. The van der Waals surface area contributed by atoms with Crippen molar-refractivity contribution in [2.24, 2.45) is 0 Å². The van der Waals surface area contributed by atoms with Gasteiger partial charge in [-0.2, -0.15) is 0 Å². The first-order valence-electron chi connectivity index (χ1n) is 7.82. The lowest BCUT2D eigenvalue weighted by atomic mass is 10.3. The van der Waals surface area contributed by atoms with Gasteiger partial charge in [0, 0.05) is 18.0 Å². The molecule has 1 aliphatic rings. The summed E-state index contributed by atoms with van der Waals surface area (Å²) in [6.45, 7) is 1.11. The molecular formula is C16H23NO4S2. The van der Waals surface area contributed by atoms with E-state index in [9.17, 15) is 13.2 Å². The number of thioether (sulfide) groups is 1. The summed E-state index contributed by atoms with van der Waals surface area (Å²) in [6, 6.07) is 10.0. The molecule has 7 heteroatoms. The van der Waals surface area contributed by atoms with Crippen LogP contribution in [0.2, 0.25) is 0 Å². The first-order valence-corrected chi connectivity index (χ1v) is 10.6. The normalized spacial score (nSPS) is 18.0. The second-order valence-corrected chi connectivity index (χ2v) is 8.83. The molecule has 0 radical (unpaired) electrons. The lowest BCUT2D eigenvalue weighted by Crippen LogP contribution is -2.34. The highest BCUT2D eigenvalue weighted by atomic mass is 32.2. The molecule has 5 nitrogen and oxygen atoms in total. The summed E-state index contributed by atoms with van der Waals surface area (Å²) in [7, 11) is -3.39. The average molecular weight is 357 g/mol. The monoisotopic (exact) mass is 357 g/mol. The number of nitrogens with one attached hydrogen (secondary N) is 1. The number of carbonyl (C=O) groups is 1. The van der Waals surface area contributed by atoms with E-state index in [-0.39, 0.29) is 11.9 Å². The molecule has 0 bridgehead atoms. The number of carbonyl (C=O) groups excluding carboxylic acids is 1. The third kappa shape index (κ3) is 7.37. The standard InChI is InChI=1S/C16H23NO4S2/c18-16(13-23(19,20)12-14-6-4-10-21-14)17-9-5-11-22-15-7-2-1-3-8-15/h1-3,7-8,14H,4-6,9-13H2,(H,17,18)/t14-/m1/s1. The molecule has 0 unspecified atom stereocenters. The molecule has 2 rings (SSSR count). The van der Waals surface area contributed by atoms with E-state index in [0.717, 1.165) is 25.0 Å². The second kappa shape index (κ2) is 9.30. The van der Waals surface area contributed by atoms with Crippen LogP contribution in [0.5, 0.6) is 0 Å². The molecule has 0 aliphatic carbocycles. The Morgan fingerprint density at radius 1 is 1.30 bits per heavy atom. The Morgan fingerprint density at radius 2 is 2.09 bits per heavy atom. The van der Waals surface area contributed by atoms with Crippen LogP contribution in [0.4, 0.5) is 0 Å². The molecule has 128 valence electrons. The Hall–Kier alpha value is -1.05. The van der Waals surface area contributed by atoms with Gasteiger partial charge in [-0.3, -0.25) is 4.79 Å². The average Bonchev–Trinajstić information content (AvgIpc) is 2.99. The highest BCUT2D eigenvalue weighted by Gasteiger charge is 2.25. The van der Waals surface area contributed by atoms with Gasteiger partial charge in [-0.05, 0) is 37.1 Å². The quantitative estimate of drug-likeness (QED) is 0.540. The first kappa shape index (κ1) is 18.3. The lowest BCUT2D eigenvalue weighted by Gasteiger charge is -2.10. The summed E-state index contributed by atoms with van der Waals surface area (Å²) in [5.41, 5.74) is 0. The maximum atomic E-state index is 11.9. The van der Waals surface area contributed by atoms with Crippen LogP contribution in [0.15, 0.2) is 35.2 Å². The molecular weight excluding hydrogens is 334 g/mol. The topological polar surface area (TPSA) is 72.5 Å². The zero-order chi connectivity index (χ0) is 16.5. The highest BCUT2D eigenvalue weighted by Crippen LogP contribution is 2.17. The highest BCUT2D eigenvalue weighted by molar-refractivity contribution is 7.99. The molecule has 1 atom stereocenters. The number of hydrogen-bond acceptors (Lipinski definition) is 5. The molecule has 1 amide bonds. The van der Waals surface area contributed by atoms with Crippen LogP contribution in [0.3, 0.4) is 0 Å². The third-order valence-electron chi connectivity index (χ3n) is 3.47. The number of hydrogen-bond donors (Lipinski definition) is 1. The van der Waals surface area contributed by atoms with Gasteiger partial charge in [-0.15, -0.1) is 11.8 Å². The van der Waals surface area contributed by atoms with E-state index in [2.05, 4.69) is 5.32 Å². The van der Waals surface area contributed by atoms with Crippen molar-refractivity contribution in [1.29, 1.82) is 0 Å². The molecule has 1 heterocycles. The maximum absolute atomic E-state index is 11.9. The van der Waals surface area contributed by atoms with Crippen molar-refractivity contribution in [2.75, 3.05) is 30.4 Å². The Bertz CT molecular complexity index is 583. The molecule has 1 saturated heterocycles. The molecule has 23 heavy (non-hydrogen) atoms. The van der Waals surface area contributed by atoms with Crippen molar-refractivity contribution in [3.05, 3.63) is 30.3 Å². The van der Waals surface area contributed by atoms with Crippen LogP contribution < -0.4 is 5.32 Å². The van der Waals surface area contributed by atoms with E-state index in [1.165, 1.54) is 4.90 Å². The predicted octanol–water partition coefficient (Wildman–Crippen LogP) is 1.88. The van der Waals surface area contributed by atoms with Crippen LogP contribution in [0, 0.1) is 0 Å². The molecule has 1 N–H and O–H groups in total.